The Morgan fingerprint density at radius 2 is 1.96 bits per heavy atom. The van der Waals surface area contributed by atoms with Crippen molar-refractivity contribution in [1.29, 1.82) is 0 Å². The Bertz CT molecular complexity index is 915. The van der Waals surface area contributed by atoms with Crippen LogP contribution in [0, 0.1) is 11.6 Å². The lowest BCUT2D eigenvalue weighted by molar-refractivity contribution is -0.113. The van der Waals surface area contributed by atoms with E-state index in [1.165, 1.54) is 41.1 Å². The van der Waals surface area contributed by atoms with Crippen molar-refractivity contribution in [3.63, 3.8) is 0 Å². The van der Waals surface area contributed by atoms with Crippen LogP contribution in [0.2, 0.25) is 0 Å². The molecule has 9 heteroatoms. The third kappa shape index (κ3) is 3.94. The summed E-state index contributed by atoms with van der Waals surface area (Å²) in [5.74, 6) is 4.80. The minimum atomic E-state index is -0.517. The molecule has 1 heterocycles. The number of halogens is 2. The Balaban J connectivity index is 1.66. The molecule has 0 fully saturated rings. The number of rotatable bonds is 5. The van der Waals surface area contributed by atoms with Gasteiger partial charge in [-0.25, -0.2) is 13.5 Å². The average Bonchev–Trinajstić information content (AvgIpc) is 2.96. The molecular formula is C16H13F2N5OS. The maximum atomic E-state index is 13.5. The lowest BCUT2D eigenvalue weighted by Gasteiger charge is -2.06. The molecule has 3 rings (SSSR count). The maximum Gasteiger partial charge on any atom is 0.234 e. The van der Waals surface area contributed by atoms with E-state index in [0.717, 1.165) is 11.8 Å². The first-order valence-electron chi connectivity index (χ1n) is 7.18. The number of thioether (sulfide) groups is 1. The highest BCUT2D eigenvalue weighted by molar-refractivity contribution is 7.99. The third-order valence-electron chi connectivity index (χ3n) is 3.23. The molecule has 0 aliphatic carbocycles. The van der Waals surface area contributed by atoms with Crippen molar-refractivity contribution in [2.75, 3.05) is 16.9 Å². The SMILES string of the molecule is Nn1c(SCC(=O)Nc2ccccc2F)nnc1-c1cccc(F)c1. The number of nitrogen functional groups attached to an aromatic ring is 1. The van der Waals surface area contributed by atoms with Crippen LogP contribution in [-0.4, -0.2) is 26.5 Å². The second kappa shape index (κ2) is 7.31. The Morgan fingerprint density at radius 1 is 1.16 bits per heavy atom. The van der Waals surface area contributed by atoms with E-state index in [1.807, 2.05) is 0 Å². The molecule has 128 valence electrons. The monoisotopic (exact) mass is 361 g/mol. The number of nitrogens with two attached hydrogens (primary N) is 1. The molecule has 0 radical (unpaired) electrons. The van der Waals surface area contributed by atoms with E-state index in [2.05, 4.69) is 15.5 Å². The summed E-state index contributed by atoms with van der Waals surface area (Å²) in [5, 5.41) is 10.5. The topological polar surface area (TPSA) is 85.8 Å². The summed E-state index contributed by atoms with van der Waals surface area (Å²) in [5.41, 5.74) is 0.570. The van der Waals surface area contributed by atoms with Crippen molar-refractivity contribution >= 4 is 23.4 Å². The lowest BCUT2D eigenvalue weighted by Crippen LogP contribution is -2.17. The molecular weight excluding hydrogens is 348 g/mol. The van der Waals surface area contributed by atoms with Gasteiger partial charge in [-0.05, 0) is 24.3 Å². The molecule has 1 amide bonds. The number of anilines is 1. The average molecular weight is 361 g/mol. The highest BCUT2D eigenvalue weighted by Crippen LogP contribution is 2.22. The van der Waals surface area contributed by atoms with Gasteiger partial charge in [0.1, 0.15) is 11.6 Å². The van der Waals surface area contributed by atoms with Crippen molar-refractivity contribution < 1.29 is 13.6 Å². The normalized spacial score (nSPS) is 10.6. The Kier molecular flexibility index (Phi) is 4.94. The van der Waals surface area contributed by atoms with Crippen LogP contribution in [0.4, 0.5) is 14.5 Å². The minimum Gasteiger partial charge on any atom is -0.335 e. The van der Waals surface area contributed by atoms with Crippen LogP contribution in [0.5, 0.6) is 0 Å². The molecule has 0 unspecified atom stereocenters. The summed E-state index contributed by atoms with van der Waals surface area (Å²) in [6, 6.07) is 11.6. The zero-order chi connectivity index (χ0) is 17.8. The quantitative estimate of drug-likeness (QED) is 0.539. The third-order valence-corrected chi connectivity index (χ3v) is 4.17. The van der Waals surface area contributed by atoms with Crippen LogP contribution >= 0.6 is 11.8 Å². The van der Waals surface area contributed by atoms with Gasteiger partial charge in [0.15, 0.2) is 5.82 Å². The zero-order valence-corrected chi connectivity index (χ0v) is 13.6. The molecule has 6 nitrogen and oxygen atoms in total. The predicted octanol–water partition coefficient (Wildman–Crippen LogP) is 2.67. The number of para-hydroxylation sites is 1. The molecule has 3 aromatic rings. The second-order valence-corrected chi connectivity index (χ2v) is 5.95. The van der Waals surface area contributed by atoms with Crippen molar-refractivity contribution in [1.82, 2.24) is 14.9 Å². The highest BCUT2D eigenvalue weighted by atomic mass is 32.2. The fourth-order valence-corrected chi connectivity index (χ4v) is 2.74. The lowest BCUT2D eigenvalue weighted by atomic mass is 10.2. The summed E-state index contributed by atoms with van der Waals surface area (Å²) in [4.78, 5) is 11.9. The largest absolute Gasteiger partial charge is 0.335 e. The first kappa shape index (κ1) is 16.9. The molecule has 0 saturated heterocycles. The van der Waals surface area contributed by atoms with E-state index >= 15 is 0 Å². The second-order valence-electron chi connectivity index (χ2n) is 5.00. The van der Waals surface area contributed by atoms with Gasteiger partial charge in [0.25, 0.3) is 0 Å². The van der Waals surface area contributed by atoms with Crippen LogP contribution in [0.15, 0.2) is 53.7 Å². The van der Waals surface area contributed by atoms with Crippen LogP contribution in [0.3, 0.4) is 0 Å². The van der Waals surface area contributed by atoms with Crippen molar-refractivity contribution in [3.8, 4) is 11.4 Å². The van der Waals surface area contributed by atoms with Crippen LogP contribution in [-0.2, 0) is 4.79 Å². The Labute approximate surface area is 146 Å². The van der Waals surface area contributed by atoms with Gasteiger partial charge in [-0.2, -0.15) is 0 Å². The number of carbonyl (C=O) groups excluding carboxylic acids is 1. The van der Waals surface area contributed by atoms with E-state index in [9.17, 15) is 13.6 Å². The van der Waals surface area contributed by atoms with Gasteiger partial charge in [0, 0.05) is 5.56 Å². The first-order chi connectivity index (χ1) is 12.0. The molecule has 1 aromatic heterocycles. The molecule has 0 saturated carbocycles. The number of hydrogen-bond donors (Lipinski definition) is 2. The molecule has 2 aromatic carbocycles. The smallest absolute Gasteiger partial charge is 0.234 e. The Hall–Kier alpha value is -2.94. The number of nitrogens with zero attached hydrogens (tertiary/aromatic N) is 3. The van der Waals surface area contributed by atoms with Gasteiger partial charge in [-0.3, -0.25) is 4.79 Å². The van der Waals surface area contributed by atoms with Crippen LogP contribution in [0.1, 0.15) is 0 Å². The number of carbonyl (C=O) groups is 1. The summed E-state index contributed by atoms with van der Waals surface area (Å²) in [6.45, 7) is 0. The van der Waals surface area contributed by atoms with E-state index in [1.54, 1.807) is 12.1 Å². The molecule has 0 bridgehead atoms. The molecule has 0 atom stereocenters. The fourth-order valence-electron chi connectivity index (χ4n) is 2.08. The van der Waals surface area contributed by atoms with Gasteiger partial charge in [0.05, 0.1) is 11.4 Å². The summed E-state index contributed by atoms with van der Waals surface area (Å²) in [6.07, 6.45) is 0. The molecule has 3 N–H and O–H groups in total. The standard InChI is InChI=1S/C16H13F2N5OS/c17-11-5-3-4-10(8-11)15-21-22-16(23(15)19)25-9-14(24)20-13-7-2-1-6-12(13)18/h1-8H,9,19H2,(H,20,24). The summed E-state index contributed by atoms with van der Waals surface area (Å²) >= 11 is 1.04. The fraction of sp³-hybridized carbons (Fsp3) is 0.0625. The number of nitrogens with one attached hydrogen (secondary N) is 1. The predicted molar refractivity (Wildman–Crippen MR) is 91.3 cm³/mol. The van der Waals surface area contributed by atoms with Crippen molar-refractivity contribution in [3.05, 3.63) is 60.2 Å². The van der Waals surface area contributed by atoms with E-state index < -0.39 is 17.5 Å². The summed E-state index contributed by atoms with van der Waals surface area (Å²) in [7, 11) is 0. The molecule has 0 aliphatic heterocycles. The Morgan fingerprint density at radius 3 is 2.72 bits per heavy atom. The molecule has 0 aliphatic rings. The van der Waals surface area contributed by atoms with Gasteiger partial charge < -0.3 is 11.2 Å². The van der Waals surface area contributed by atoms with E-state index in [0.29, 0.717) is 5.56 Å². The van der Waals surface area contributed by atoms with Crippen LogP contribution in [0.25, 0.3) is 11.4 Å². The number of benzene rings is 2. The minimum absolute atomic E-state index is 0.0349. The van der Waals surface area contributed by atoms with E-state index in [-0.39, 0.29) is 22.4 Å². The van der Waals surface area contributed by atoms with Crippen molar-refractivity contribution in [2.45, 2.75) is 5.16 Å². The summed E-state index contributed by atoms with van der Waals surface area (Å²) < 4.78 is 28.0. The zero-order valence-electron chi connectivity index (χ0n) is 12.8. The van der Waals surface area contributed by atoms with Gasteiger partial charge in [-0.15, -0.1) is 10.2 Å². The first-order valence-corrected chi connectivity index (χ1v) is 8.17. The van der Waals surface area contributed by atoms with Crippen molar-refractivity contribution in [2.24, 2.45) is 0 Å². The molecule has 25 heavy (non-hydrogen) atoms. The van der Waals surface area contributed by atoms with Gasteiger partial charge in [0.2, 0.25) is 11.1 Å². The van der Waals surface area contributed by atoms with E-state index in [4.69, 9.17) is 5.84 Å². The number of hydrogen-bond acceptors (Lipinski definition) is 5. The number of aromatic nitrogens is 3. The van der Waals surface area contributed by atoms with Crippen LogP contribution < -0.4 is 11.2 Å². The van der Waals surface area contributed by atoms with Gasteiger partial charge in [-0.1, -0.05) is 36.0 Å². The maximum absolute atomic E-state index is 13.5. The molecule has 0 spiro atoms. The van der Waals surface area contributed by atoms with Gasteiger partial charge >= 0.3 is 0 Å². The highest BCUT2D eigenvalue weighted by Gasteiger charge is 2.14. The number of amides is 1.